The van der Waals surface area contributed by atoms with Crippen LogP contribution in [0.3, 0.4) is 0 Å². The summed E-state index contributed by atoms with van der Waals surface area (Å²) in [5, 5.41) is 3.39. The lowest BCUT2D eigenvalue weighted by Crippen LogP contribution is -2.44. The molecule has 5 nitrogen and oxygen atoms in total. The van der Waals surface area contributed by atoms with Crippen LogP contribution in [0.15, 0.2) is 30.5 Å². The smallest absolute Gasteiger partial charge is 0.159 e. The van der Waals surface area contributed by atoms with Crippen molar-refractivity contribution in [2.45, 2.75) is 19.8 Å². The molecule has 0 spiro atoms. The van der Waals surface area contributed by atoms with E-state index in [0.717, 1.165) is 54.7 Å². The number of aromatic nitrogens is 2. The lowest BCUT2D eigenvalue weighted by Gasteiger charge is -2.31. The molecule has 0 atom stereocenters. The Morgan fingerprint density at radius 3 is 2.70 bits per heavy atom. The predicted molar refractivity (Wildman–Crippen MR) is 93.2 cm³/mol. The molecule has 1 aliphatic rings. The van der Waals surface area contributed by atoms with Gasteiger partial charge in [-0.25, -0.2) is 9.97 Å². The molecule has 1 N–H and O–H groups in total. The fraction of sp³-hybridized carbons (Fsp3) is 0.444. The van der Waals surface area contributed by atoms with Gasteiger partial charge in [-0.05, 0) is 18.1 Å². The van der Waals surface area contributed by atoms with Crippen LogP contribution in [0.1, 0.15) is 25.5 Å². The van der Waals surface area contributed by atoms with Gasteiger partial charge in [0, 0.05) is 31.7 Å². The molecule has 0 amide bonds. The van der Waals surface area contributed by atoms with E-state index in [-0.39, 0.29) is 0 Å². The van der Waals surface area contributed by atoms with Crippen molar-refractivity contribution in [1.82, 2.24) is 15.3 Å². The molecule has 1 aromatic heterocycles. The van der Waals surface area contributed by atoms with Crippen molar-refractivity contribution < 1.29 is 4.74 Å². The normalized spacial score (nSPS) is 15.0. The quantitative estimate of drug-likeness (QED) is 0.940. The molecule has 0 bridgehead atoms. The van der Waals surface area contributed by atoms with E-state index in [1.165, 1.54) is 0 Å². The first-order chi connectivity index (χ1) is 11.2. The minimum Gasteiger partial charge on any atom is -0.497 e. The van der Waals surface area contributed by atoms with Crippen LogP contribution in [0.5, 0.6) is 5.75 Å². The summed E-state index contributed by atoms with van der Waals surface area (Å²) >= 11 is 0. The van der Waals surface area contributed by atoms with Crippen LogP contribution in [0, 0.1) is 0 Å². The SMILES string of the molecule is COc1cccc(-c2ncc(N3CCNCC3)c(C(C)C)n2)c1. The molecule has 0 saturated carbocycles. The first kappa shape index (κ1) is 15.7. The number of ether oxygens (including phenoxy) is 1. The van der Waals surface area contributed by atoms with Gasteiger partial charge >= 0.3 is 0 Å². The minimum atomic E-state index is 0.354. The van der Waals surface area contributed by atoms with Crippen LogP contribution < -0.4 is 15.0 Å². The number of hydrogen-bond acceptors (Lipinski definition) is 5. The second kappa shape index (κ2) is 6.96. The van der Waals surface area contributed by atoms with Crippen molar-refractivity contribution in [3.8, 4) is 17.1 Å². The van der Waals surface area contributed by atoms with Gasteiger partial charge in [0.05, 0.1) is 24.7 Å². The van der Waals surface area contributed by atoms with E-state index in [1.54, 1.807) is 7.11 Å². The van der Waals surface area contributed by atoms with Gasteiger partial charge in [-0.3, -0.25) is 0 Å². The van der Waals surface area contributed by atoms with E-state index in [1.807, 2.05) is 30.5 Å². The lowest BCUT2D eigenvalue weighted by molar-refractivity contribution is 0.415. The summed E-state index contributed by atoms with van der Waals surface area (Å²) in [6, 6.07) is 7.90. The van der Waals surface area contributed by atoms with Gasteiger partial charge in [0.15, 0.2) is 5.82 Å². The first-order valence-electron chi connectivity index (χ1n) is 8.16. The third-order valence-electron chi connectivity index (χ3n) is 4.13. The number of nitrogens with zero attached hydrogens (tertiary/aromatic N) is 3. The number of rotatable bonds is 4. The first-order valence-corrected chi connectivity index (χ1v) is 8.16. The zero-order chi connectivity index (χ0) is 16.2. The second-order valence-corrected chi connectivity index (χ2v) is 6.09. The van der Waals surface area contributed by atoms with Crippen LogP contribution in [0.2, 0.25) is 0 Å². The molecule has 0 unspecified atom stereocenters. The Labute approximate surface area is 137 Å². The third-order valence-corrected chi connectivity index (χ3v) is 4.13. The topological polar surface area (TPSA) is 50.3 Å². The van der Waals surface area contributed by atoms with Gasteiger partial charge in [0.2, 0.25) is 0 Å². The molecule has 0 aliphatic carbocycles. The van der Waals surface area contributed by atoms with Crippen molar-refractivity contribution in [2.24, 2.45) is 0 Å². The van der Waals surface area contributed by atoms with Gasteiger partial charge in [-0.15, -0.1) is 0 Å². The minimum absolute atomic E-state index is 0.354. The van der Waals surface area contributed by atoms with Gasteiger partial charge in [0.25, 0.3) is 0 Å². The number of benzene rings is 1. The van der Waals surface area contributed by atoms with Gasteiger partial charge in [-0.1, -0.05) is 26.0 Å². The summed E-state index contributed by atoms with van der Waals surface area (Å²) < 4.78 is 5.30. The Morgan fingerprint density at radius 2 is 2.00 bits per heavy atom. The van der Waals surface area contributed by atoms with Crippen molar-refractivity contribution in [1.29, 1.82) is 0 Å². The number of hydrogen-bond donors (Lipinski definition) is 1. The fourth-order valence-electron chi connectivity index (χ4n) is 2.86. The van der Waals surface area contributed by atoms with Gasteiger partial charge < -0.3 is 15.0 Å². The molecule has 5 heteroatoms. The molecule has 2 aromatic rings. The maximum Gasteiger partial charge on any atom is 0.159 e. The summed E-state index contributed by atoms with van der Waals surface area (Å²) in [5.41, 5.74) is 3.26. The van der Waals surface area contributed by atoms with E-state index in [4.69, 9.17) is 9.72 Å². The van der Waals surface area contributed by atoms with Crippen LogP contribution in [-0.4, -0.2) is 43.3 Å². The second-order valence-electron chi connectivity index (χ2n) is 6.09. The van der Waals surface area contributed by atoms with E-state index in [9.17, 15) is 0 Å². The highest BCUT2D eigenvalue weighted by Gasteiger charge is 2.19. The average Bonchev–Trinajstić information content (AvgIpc) is 2.62. The Hall–Kier alpha value is -2.14. The highest BCUT2D eigenvalue weighted by atomic mass is 16.5. The summed E-state index contributed by atoms with van der Waals surface area (Å²) in [5.74, 6) is 1.93. The van der Waals surface area contributed by atoms with Gasteiger partial charge in [-0.2, -0.15) is 0 Å². The van der Waals surface area contributed by atoms with Crippen LogP contribution in [0.4, 0.5) is 5.69 Å². The maximum absolute atomic E-state index is 5.30. The molecular weight excluding hydrogens is 288 g/mol. The van der Waals surface area contributed by atoms with E-state index in [2.05, 4.69) is 29.0 Å². The van der Waals surface area contributed by atoms with Crippen LogP contribution in [0.25, 0.3) is 11.4 Å². The Balaban J connectivity index is 1.98. The highest BCUT2D eigenvalue weighted by Crippen LogP contribution is 2.29. The summed E-state index contributed by atoms with van der Waals surface area (Å²) in [7, 11) is 1.67. The third kappa shape index (κ3) is 3.45. The Bertz CT molecular complexity index is 666. The number of methoxy groups -OCH3 is 1. The fourth-order valence-corrected chi connectivity index (χ4v) is 2.86. The average molecular weight is 312 g/mol. The summed E-state index contributed by atoms with van der Waals surface area (Å²) in [6.07, 6.45) is 1.97. The van der Waals surface area contributed by atoms with Crippen molar-refractivity contribution >= 4 is 5.69 Å². The van der Waals surface area contributed by atoms with Crippen molar-refractivity contribution in [3.63, 3.8) is 0 Å². The number of anilines is 1. The monoisotopic (exact) mass is 312 g/mol. The molecule has 3 rings (SSSR count). The summed E-state index contributed by atoms with van der Waals surface area (Å²) in [4.78, 5) is 11.9. The van der Waals surface area contributed by atoms with Crippen LogP contribution in [-0.2, 0) is 0 Å². The Morgan fingerprint density at radius 1 is 1.22 bits per heavy atom. The maximum atomic E-state index is 5.30. The largest absolute Gasteiger partial charge is 0.497 e. The molecule has 0 radical (unpaired) electrons. The van der Waals surface area contributed by atoms with E-state index < -0.39 is 0 Å². The zero-order valence-corrected chi connectivity index (χ0v) is 14.0. The van der Waals surface area contributed by atoms with E-state index >= 15 is 0 Å². The molecule has 122 valence electrons. The van der Waals surface area contributed by atoms with Crippen molar-refractivity contribution in [2.75, 3.05) is 38.2 Å². The predicted octanol–water partition coefficient (Wildman–Crippen LogP) is 2.69. The Kier molecular flexibility index (Phi) is 4.76. The standard InChI is InChI=1S/C18H24N4O/c1-13(2)17-16(22-9-7-19-8-10-22)12-20-18(21-17)14-5-4-6-15(11-14)23-3/h4-6,11-13,19H,7-10H2,1-3H3. The zero-order valence-electron chi connectivity index (χ0n) is 14.0. The molecule has 1 saturated heterocycles. The lowest BCUT2D eigenvalue weighted by atomic mass is 10.1. The molecule has 23 heavy (non-hydrogen) atoms. The molecule has 2 heterocycles. The molecule has 1 fully saturated rings. The molecule has 1 aromatic carbocycles. The molecular formula is C18H24N4O. The summed E-state index contributed by atoms with van der Waals surface area (Å²) in [6.45, 7) is 8.39. The number of piperazine rings is 1. The van der Waals surface area contributed by atoms with Crippen LogP contribution >= 0.6 is 0 Å². The number of nitrogens with one attached hydrogen (secondary N) is 1. The van der Waals surface area contributed by atoms with E-state index in [0.29, 0.717) is 5.92 Å². The van der Waals surface area contributed by atoms with Gasteiger partial charge in [0.1, 0.15) is 5.75 Å². The van der Waals surface area contributed by atoms with Crippen molar-refractivity contribution in [3.05, 3.63) is 36.2 Å². The molecule has 1 aliphatic heterocycles. The highest BCUT2D eigenvalue weighted by molar-refractivity contribution is 5.61.